The Kier molecular flexibility index (Phi) is 5.07. The Morgan fingerprint density at radius 1 is 1.22 bits per heavy atom. The summed E-state index contributed by atoms with van der Waals surface area (Å²) in [6.45, 7) is 4.85. The Morgan fingerprint density at radius 3 is 2.88 bits per heavy atom. The van der Waals surface area contributed by atoms with Crippen molar-refractivity contribution < 1.29 is 9.18 Å². The molecule has 1 atom stereocenters. The molecule has 32 heavy (non-hydrogen) atoms. The number of benzene rings is 1. The Labute approximate surface area is 186 Å². The molecule has 2 amide bonds. The number of urea groups is 1. The number of nitrogens with two attached hydrogens (primary N) is 1. The van der Waals surface area contributed by atoms with Gasteiger partial charge in [0.25, 0.3) is 0 Å². The van der Waals surface area contributed by atoms with Crippen molar-refractivity contribution in [1.82, 2.24) is 25.0 Å². The van der Waals surface area contributed by atoms with Gasteiger partial charge in [0, 0.05) is 60.2 Å². The molecule has 0 unspecified atom stereocenters. The highest BCUT2D eigenvalue weighted by molar-refractivity contribution is 5.79. The van der Waals surface area contributed by atoms with E-state index in [2.05, 4.69) is 21.0 Å². The van der Waals surface area contributed by atoms with Crippen molar-refractivity contribution in [2.75, 3.05) is 25.4 Å². The lowest BCUT2D eigenvalue weighted by atomic mass is 9.77. The van der Waals surface area contributed by atoms with Crippen LogP contribution in [-0.4, -0.2) is 45.3 Å². The van der Waals surface area contributed by atoms with Crippen molar-refractivity contribution >= 4 is 11.8 Å². The van der Waals surface area contributed by atoms with Crippen LogP contribution in [0.1, 0.15) is 31.9 Å². The predicted molar refractivity (Wildman–Crippen MR) is 121 cm³/mol. The summed E-state index contributed by atoms with van der Waals surface area (Å²) in [4.78, 5) is 18.6. The highest BCUT2D eigenvalue weighted by atomic mass is 19.1. The highest BCUT2D eigenvalue weighted by Gasteiger charge is 2.45. The number of pyridine rings is 1. The molecule has 1 saturated heterocycles. The monoisotopic (exact) mass is 434 g/mol. The molecule has 1 aromatic carbocycles. The molecule has 7 nitrogen and oxygen atoms in total. The first kappa shape index (κ1) is 20.5. The minimum atomic E-state index is -0.336. The van der Waals surface area contributed by atoms with Gasteiger partial charge in [-0.05, 0) is 44.4 Å². The second-order valence-corrected chi connectivity index (χ2v) is 8.67. The molecule has 0 saturated carbocycles. The molecule has 4 heterocycles. The van der Waals surface area contributed by atoms with Crippen LogP contribution in [0.5, 0.6) is 0 Å². The van der Waals surface area contributed by atoms with Gasteiger partial charge in [0.1, 0.15) is 11.6 Å². The van der Waals surface area contributed by atoms with Crippen molar-refractivity contribution in [1.29, 1.82) is 0 Å². The summed E-state index contributed by atoms with van der Waals surface area (Å²) >= 11 is 0. The predicted octanol–water partition coefficient (Wildman–Crippen LogP) is 3.80. The molecule has 166 valence electrons. The first-order valence-corrected chi connectivity index (χ1v) is 11.1. The van der Waals surface area contributed by atoms with Crippen LogP contribution in [0.4, 0.5) is 15.0 Å². The van der Waals surface area contributed by atoms with E-state index in [1.165, 1.54) is 6.07 Å². The average Bonchev–Trinajstić information content (AvgIpc) is 3.41. The number of amides is 2. The maximum Gasteiger partial charge on any atom is 0.317 e. The van der Waals surface area contributed by atoms with Crippen LogP contribution in [0.15, 0.2) is 42.6 Å². The fourth-order valence-electron chi connectivity index (χ4n) is 5.08. The van der Waals surface area contributed by atoms with E-state index in [0.717, 1.165) is 49.3 Å². The summed E-state index contributed by atoms with van der Waals surface area (Å²) in [5.74, 6) is -0.0506. The number of carbonyl (C=O) groups is 1. The molecule has 0 aliphatic carbocycles. The van der Waals surface area contributed by atoms with Crippen LogP contribution in [0.3, 0.4) is 0 Å². The lowest BCUT2D eigenvalue weighted by molar-refractivity contribution is 0.203. The van der Waals surface area contributed by atoms with Crippen molar-refractivity contribution in [3.05, 3.63) is 54.1 Å². The van der Waals surface area contributed by atoms with E-state index in [1.807, 2.05) is 17.9 Å². The third-order valence-electron chi connectivity index (χ3n) is 6.70. The Balaban J connectivity index is 1.50. The molecule has 3 N–H and O–H groups in total. The molecule has 2 aliphatic rings. The number of carbonyl (C=O) groups excluding carboxylic acids is 1. The molecule has 0 bridgehead atoms. The minimum absolute atomic E-state index is 0.00139. The highest BCUT2D eigenvalue weighted by Crippen LogP contribution is 2.43. The van der Waals surface area contributed by atoms with Gasteiger partial charge < -0.3 is 16.0 Å². The molecule has 1 fully saturated rings. The number of likely N-dealkylation sites (tertiary alicyclic amines) is 1. The van der Waals surface area contributed by atoms with Crippen molar-refractivity contribution in [2.24, 2.45) is 0 Å². The topological polar surface area (TPSA) is 89.1 Å². The number of anilines is 1. The van der Waals surface area contributed by atoms with Crippen LogP contribution in [0.2, 0.25) is 0 Å². The zero-order valence-corrected chi connectivity index (χ0v) is 18.1. The van der Waals surface area contributed by atoms with E-state index in [0.29, 0.717) is 24.2 Å². The van der Waals surface area contributed by atoms with Crippen LogP contribution in [0, 0.1) is 5.82 Å². The number of nitrogens with zero attached hydrogens (tertiary/aromatic N) is 4. The number of aromatic nitrogens is 3. The molecule has 1 spiro atoms. The SMILES string of the molecule is CCNC(=O)N1CC[C@]2(CCCn3nc(-c4cnc(N)c(-c5ccccc5F)c4)cc32)C1. The first-order chi connectivity index (χ1) is 15.5. The molecule has 8 heteroatoms. The number of nitrogen functional groups attached to an aromatic ring is 1. The zero-order chi connectivity index (χ0) is 22.3. The first-order valence-electron chi connectivity index (χ1n) is 11.1. The number of hydrogen-bond acceptors (Lipinski definition) is 4. The van der Waals surface area contributed by atoms with Gasteiger partial charge >= 0.3 is 6.03 Å². The summed E-state index contributed by atoms with van der Waals surface area (Å²) in [5.41, 5.74) is 9.74. The lowest BCUT2D eigenvalue weighted by Crippen LogP contribution is -2.42. The molecule has 0 radical (unpaired) electrons. The quantitative estimate of drug-likeness (QED) is 0.656. The number of rotatable bonds is 3. The van der Waals surface area contributed by atoms with Crippen LogP contribution in [0.25, 0.3) is 22.4 Å². The molecular formula is C24H27FN6O. The van der Waals surface area contributed by atoms with Crippen LogP contribution >= 0.6 is 0 Å². The van der Waals surface area contributed by atoms with E-state index in [9.17, 15) is 9.18 Å². The number of nitrogens with one attached hydrogen (secondary N) is 1. The molecule has 2 aromatic heterocycles. The number of fused-ring (bicyclic) bond motifs is 2. The summed E-state index contributed by atoms with van der Waals surface area (Å²) in [6.07, 6.45) is 4.68. The van der Waals surface area contributed by atoms with Crippen molar-refractivity contribution in [3.63, 3.8) is 0 Å². The van der Waals surface area contributed by atoms with Gasteiger partial charge in [0.2, 0.25) is 0 Å². The summed E-state index contributed by atoms with van der Waals surface area (Å²) in [6, 6.07) is 10.5. The smallest absolute Gasteiger partial charge is 0.317 e. The molecule has 2 aliphatic heterocycles. The number of halogens is 1. The van der Waals surface area contributed by atoms with Crippen LogP contribution < -0.4 is 11.1 Å². The van der Waals surface area contributed by atoms with Gasteiger partial charge in [-0.3, -0.25) is 4.68 Å². The summed E-state index contributed by atoms with van der Waals surface area (Å²) in [5, 5.41) is 7.77. The fourth-order valence-corrected chi connectivity index (χ4v) is 5.08. The second-order valence-electron chi connectivity index (χ2n) is 8.67. The van der Waals surface area contributed by atoms with E-state index in [-0.39, 0.29) is 23.1 Å². The van der Waals surface area contributed by atoms with Crippen molar-refractivity contribution in [2.45, 2.75) is 38.1 Å². The van der Waals surface area contributed by atoms with Gasteiger partial charge in [-0.1, -0.05) is 18.2 Å². The normalized spacial score (nSPS) is 19.9. The number of aryl methyl sites for hydroxylation is 1. The summed E-state index contributed by atoms with van der Waals surface area (Å²) < 4.78 is 16.5. The maximum atomic E-state index is 14.4. The van der Waals surface area contributed by atoms with Gasteiger partial charge in [0.05, 0.1) is 5.69 Å². The molecule has 3 aromatic rings. The maximum absolute atomic E-state index is 14.4. The van der Waals surface area contributed by atoms with Gasteiger partial charge in [0.15, 0.2) is 0 Å². The third-order valence-corrected chi connectivity index (χ3v) is 6.70. The zero-order valence-electron chi connectivity index (χ0n) is 18.1. The molecule has 5 rings (SSSR count). The van der Waals surface area contributed by atoms with E-state index in [4.69, 9.17) is 10.8 Å². The van der Waals surface area contributed by atoms with E-state index < -0.39 is 0 Å². The lowest BCUT2D eigenvalue weighted by Gasteiger charge is -2.34. The van der Waals surface area contributed by atoms with Crippen LogP contribution in [-0.2, 0) is 12.0 Å². The van der Waals surface area contributed by atoms with Gasteiger partial charge in [-0.2, -0.15) is 5.10 Å². The minimum Gasteiger partial charge on any atom is -0.383 e. The Hall–Kier alpha value is -3.42. The van der Waals surface area contributed by atoms with Crippen molar-refractivity contribution in [3.8, 4) is 22.4 Å². The Morgan fingerprint density at radius 2 is 2.06 bits per heavy atom. The van der Waals surface area contributed by atoms with E-state index >= 15 is 0 Å². The standard InChI is InChI=1S/C24H27FN6O/c1-2-27-23(32)30-11-9-24(15-30)8-5-10-31-21(24)13-20(29-31)16-12-18(22(26)28-14-16)17-6-3-4-7-19(17)25/h3-4,6-7,12-14H,2,5,8-11,15H2,1H3,(H2,26,28)(H,27,32)/t24-/m1/s1. The Bertz CT molecular complexity index is 1180. The summed E-state index contributed by atoms with van der Waals surface area (Å²) in [7, 11) is 0. The van der Waals surface area contributed by atoms with E-state index in [1.54, 1.807) is 24.4 Å². The molecular weight excluding hydrogens is 407 g/mol. The average molecular weight is 435 g/mol. The number of hydrogen-bond donors (Lipinski definition) is 2. The third kappa shape index (κ3) is 3.39. The van der Waals surface area contributed by atoms with Gasteiger partial charge in [-0.25, -0.2) is 14.2 Å². The largest absolute Gasteiger partial charge is 0.383 e. The fraction of sp³-hybridized carbons (Fsp3) is 0.375. The van der Waals surface area contributed by atoms with Gasteiger partial charge in [-0.15, -0.1) is 0 Å². The second kappa shape index (κ2) is 7.93.